The Morgan fingerprint density at radius 2 is 1.80 bits per heavy atom. The van der Waals surface area contributed by atoms with E-state index in [9.17, 15) is 0 Å². The molecule has 0 bridgehead atoms. The molecule has 0 aliphatic heterocycles. The van der Waals surface area contributed by atoms with Gasteiger partial charge in [-0.25, -0.2) is 0 Å². The van der Waals surface area contributed by atoms with E-state index in [1.807, 2.05) is 0 Å². The molecular formula is C13H18NY+2. The minimum atomic E-state index is 0. The molecule has 0 amide bonds. The van der Waals surface area contributed by atoms with Crippen LogP contribution in [0.1, 0.15) is 30.7 Å². The molecule has 1 aromatic rings. The van der Waals surface area contributed by atoms with Gasteiger partial charge in [0.05, 0.1) is 0 Å². The number of nitrogens with two attached hydrogens (primary N) is 1. The van der Waals surface area contributed by atoms with Crippen LogP contribution in [0.25, 0.3) is 0 Å². The van der Waals surface area contributed by atoms with Crippen LogP contribution in [0.15, 0.2) is 30.3 Å². The Bertz CT molecular complexity index is 286. The average molecular weight is 277 g/mol. The maximum Gasteiger partial charge on any atom is 3.00 e. The van der Waals surface area contributed by atoms with Crippen LogP contribution in [0.4, 0.5) is 0 Å². The van der Waals surface area contributed by atoms with Crippen LogP contribution < -0.4 is 5.73 Å². The minimum Gasteiger partial charge on any atom is -0.339 e. The molecule has 1 aliphatic carbocycles. The van der Waals surface area contributed by atoms with Crippen molar-refractivity contribution >= 4 is 0 Å². The summed E-state index contributed by atoms with van der Waals surface area (Å²) >= 11 is 0. The van der Waals surface area contributed by atoms with Gasteiger partial charge in [0, 0.05) is 0 Å². The second-order valence-corrected chi connectivity index (χ2v) is 4.34. The van der Waals surface area contributed by atoms with Gasteiger partial charge in [0.2, 0.25) is 0 Å². The van der Waals surface area contributed by atoms with E-state index in [0.29, 0.717) is 17.9 Å². The molecular weight excluding hydrogens is 259 g/mol. The maximum atomic E-state index is 5.96. The molecule has 76 valence electrons. The predicted octanol–water partition coefficient (Wildman–Crippen LogP) is 2.73. The zero-order chi connectivity index (χ0) is 9.97. The number of benzene rings is 1. The molecule has 0 saturated heterocycles. The number of hydrogen-bond acceptors (Lipinski definition) is 1. The van der Waals surface area contributed by atoms with Crippen molar-refractivity contribution in [2.24, 2.45) is 11.7 Å². The summed E-state index contributed by atoms with van der Waals surface area (Å²) in [6.45, 7) is 4.13. The zero-order valence-electron chi connectivity index (χ0n) is 9.10. The van der Waals surface area contributed by atoms with Crippen molar-refractivity contribution in [2.45, 2.75) is 31.2 Å². The second kappa shape index (κ2) is 6.13. The first-order chi connectivity index (χ1) is 6.77. The Morgan fingerprint density at radius 3 is 2.40 bits per heavy atom. The standard InChI is InChI=1S/C13H18N.Y/c1-10-9-12(7-8-13(10)14)11-5-3-2-4-6-11;/h2-6,10,12-13H,1,7-9,14H2;/q-1;+3. The van der Waals surface area contributed by atoms with Crippen molar-refractivity contribution < 1.29 is 32.7 Å². The van der Waals surface area contributed by atoms with Gasteiger partial charge < -0.3 is 12.7 Å². The Balaban J connectivity index is 0.00000112. The Labute approximate surface area is 118 Å². The molecule has 15 heavy (non-hydrogen) atoms. The summed E-state index contributed by atoms with van der Waals surface area (Å²) in [5.74, 6) is 1.10. The molecule has 0 spiro atoms. The van der Waals surface area contributed by atoms with E-state index in [1.165, 1.54) is 12.0 Å². The van der Waals surface area contributed by atoms with E-state index in [1.54, 1.807) is 0 Å². The smallest absolute Gasteiger partial charge is 0.339 e. The third kappa shape index (κ3) is 3.37. The molecule has 1 aromatic carbocycles. The first kappa shape index (κ1) is 13.3. The van der Waals surface area contributed by atoms with Crippen LogP contribution in [-0.2, 0) is 32.7 Å². The van der Waals surface area contributed by atoms with Crippen molar-refractivity contribution in [1.82, 2.24) is 0 Å². The van der Waals surface area contributed by atoms with Gasteiger partial charge in [0.25, 0.3) is 0 Å². The van der Waals surface area contributed by atoms with E-state index in [0.717, 1.165) is 12.8 Å². The zero-order valence-corrected chi connectivity index (χ0v) is 11.9. The SMILES string of the molecule is [CH2-]C1CC(c2ccccc2)CCC1N.[Y+3]. The second-order valence-electron chi connectivity index (χ2n) is 4.34. The van der Waals surface area contributed by atoms with Gasteiger partial charge in [-0.1, -0.05) is 36.8 Å². The maximum absolute atomic E-state index is 5.96. The summed E-state index contributed by atoms with van der Waals surface area (Å²) in [7, 11) is 0. The van der Waals surface area contributed by atoms with Crippen molar-refractivity contribution in [2.75, 3.05) is 0 Å². The molecule has 0 aromatic heterocycles. The molecule has 1 saturated carbocycles. The minimum absolute atomic E-state index is 0. The number of rotatable bonds is 1. The van der Waals surface area contributed by atoms with Gasteiger partial charge in [0.15, 0.2) is 0 Å². The molecule has 1 aliphatic rings. The summed E-state index contributed by atoms with van der Waals surface area (Å²) in [5.41, 5.74) is 7.41. The van der Waals surface area contributed by atoms with E-state index >= 15 is 0 Å². The van der Waals surface area contributed by atoms with E-state index < -0.39 is 0 Å². The molecule has 3 atom stereocenters. The molecule has 0 radical (unpaired) electrons. The topological polar surface area (TPSA) is 26.0 Å². The monoisotopic (exact) mass is 277 g/mol. The van der Waals surface area contributed by atoms with Gasteiger partial charge in [-0.15, -0.1) is 0 Å². The Morgan fingerprint density at radius 1 is 1.13 bits per heavy atom. The Kier molecular flexibility index (Phi) is 5.45. The third-order valence-electron chi connectivity index (χ3n) is 3.31. The van der Waals surface area contributed by atoms with Gasteiger partial charge in [-0.05, 0) is 30.4 Å². The average Bonchev–Trinajstić information content (AvgIpc) is 2.23. The predicted molar refractivity (Wildman–Crippen MR) is 59.9 cm³/mol. The fourth-order valence-electron chi connectivity index (χ4n) is 2.32. The van der Waals surface area contributed by atoms with Crippen molar-refractivity contribution in [3.05, 3.63) is 42.8 Å². The fraction of sp³-hybridized carbons (Fsp3) is 0.462. The summed E-state index contributed by atoms with van der Waals surface area (Å²) in [4.78, 5) is 0. The van der Waals surface area contributed by atoms with Crippen LogP contribution in [0.5, 0.6) is 0 Å². The summed E-state index contributed by atoms with van der Waals surface area (Å²) in [5, 5.41) is 0. The molecule has 2 rings (SSSR count). The summed E-state index contributed by atoms with van der Waals surface area (Å²) in [6, 6.07) is 11.0. The first-order valence-corrected chi connectivity index (χ1v) is 5.41. The molecule has 3 unspecified atom stereocenters. The van der Waals surface area contributed by atoms with E-state index in [-0.39, 0.29) is 32.7 Å². The quantitative estimate of drug-likeness (QED) is 0.785. The molecule has 2 heteroatoms. The van der Waals surface area contributed by atoms with Gasteiger partial charge in [-0.3, -0.25) is 0 Å². The van der Waals surface area contributed by atoms with Crippen molar-refractivity contribution in [1.29, 1.82) is 0 Å². The third-order valence-corrected chi connectivity index (χ3v) is 3.31. The summed E-state index contributed by atoms with van der Waals surface area (Å²) < 4.78 is 0. The fourth-order valence-corrected chi connectivity index (χ4v) is 2.32. The Hall–Kier alpha value is 0.284. The van der Waals surface area contributed by atoms with Crippen LogP contribution >= 0.6 is 0 Å². The van der Waals surface area contributed by atoms with Gasteiger partial charge in [0.1, 0.15) is 0 Å². The summed E-state index contributed by atoms with van der Waals surface area (Å²) in [6.07, 6.45) is 3.48. The normalized spacial score (nSPS) is 30.7. The van der Waals surface area contributed by atoms with E-state index in [4.69, 9.17) is 5.73 Å². The number of hydrogen-bond donors (Lipinski definition) is 1. The van der Waals surface area contributed by atoms with Crippen LogP contribution in [0.3, 0.4) is 0 Å². The van der Waals surface area contributed by atoms with Crippen molar-refractivity contribution in [3.8, 4) is 0 Å². The molecule has 2 N–H and O–H groups in total. The van der Waals surface area contributed by atoms with E-state index in [2.05, 4.69) is 37.3 Å². The van der Waals surface area contributed by atoms with Crippen LogP contribution in [0, 0.1) is 12.8 Å². The molecule has 1 nitrogen and oxygen atoms in total. The van der Waals surface area contributed by atoms with Crippen LogP contribution in [0.2, 0.25) is 0 Å². The molecule has 0 heterocycles. The van der Waals surface area contributed by atoms with Crippen molar-refractivity contribution in [3.63, 3.8) is 0 Å². The molecule has 1 fully saturated rings. The van der Waals surface area contributed by atoms with Gasteiger partial charge in [-0.2, -0.15) is 5.92 Å². The van der Waals surface area contributed by atoms with Crippen LogP contribution in [-0.4, -0.2) is 6.04 Å². The first-order valence-electron chi connectivity index (χ1n) is 5.41. The largest absolute Gasteiger partial charge is 3.00 e. The van der Waals surface area contributed by atoms with Gasteiger partial charge >= 0.3 is 32.7 Å².